The fraction of sp³-hybridized carbons (Fsp3) is 0.375. The van der Waals surface area contributed by atoms with Gasteiger partial charge in [0, 0.05) is 11.4 Å². The minimum absolute atomic E-state index is 0.0550. The van der Waals surface area contributed by atoms with E-state index in [-0.39, 0.29) is 12.0 Å². The van der Waals surface area contributed by atoms with E-state index in [1.165, 1.54) is 0 Å². The van der Waals surface area contributed by atoms with Crippen LogP contribution in [0, 0.1) is 5.41 Å². The van der Waals surface area contributed by atoms with Gasteiger partial charge in [0.1, 0.15) is 6.54 Å². The maximum Gasteiger partial charge on any atom is 0.322 e. The number of carbonyl (C=O) groups is 1. The maximum absolute atomic E-state index is 10.7. The molecule has 0 unspecified atom stereocenters. The quantitative estimate of drug-likeness (QED) is 0.885. The van der Waals surface area contributed by atoms with E-state index in [1.807, 2.05) is 36.4 Å². The zero-order valence-corrected chi connectivity index (χ0v) is 11.9. The normalized spacial score (nSPS) is 19.5. The standard InChI is InChI=1S/C16H20N2O2/c1-16(2)9-13(17-11-15(19)20)8-14(10-16)18-12-6-4-3-5-7-12/h3-8,17H,9-11H2,1-2H3,(H,19,20). The summed E-state index contributed by atoms with van der Waals surface area (Å²) in [5.41, 5.74) is 2.94. The molecule has 0 aliphatic heterocycles. The Bertz CT molecular complexity index is 545. The summed E-state index contributed by atoms with van der Waals surface area (Å²) in [6.45, 7) is 4.28. The number of hydrogen-bond acceptors (Lipinski definition) is 3. The Morgan fingerprint density at radius 1 is 1.30 bits per heavy atom. The molecule has 1 aromatic rings. The molecule has 1 aliphatic carbocycles. The van der Waals surface area contributed by atoms with Crippen molar-refractivity contribution in [1.29, 1.82) is 0 Å². The smallest absolute Gasteiger partial charge is 0.322 e. The van der Waals surface area contributed by atoms with Gasteiger partial charge >= 0.3 is 5.97 Å². The van der Waals surface area contributed by atoms with Crippen molar-refractivity contribution in [3.05, 3.63) is 42.1 Å². The summed E-state index contributed by atoms with van der Waals surface area (Å²) >= 11 is 0. The first kappa shape index (κ1) is 14.3. The summed E-state index contributed by atoms with van der Waals surface area (Å²) in [6.07, 6.45) is 3.70. The van der Waals surface area contributed by atoms with E-state index in [9.17, 15) is 4.79 Å². The number of nitrogens with zero attached hydrogens (tertiary/aromatic N) is 1. The van der Waals surface area contributed by atoms with Gasteiger partial charge in [-0.1, -0.05) is 32.0 Å². The van der Waals surface area contributed by atoms with E-state index in [4.69, 9.17) is 5.11 Å². The molecule has 0 aromatic heterocycles. The van der Waals surface area contributed by atoms with Crippen LogP contribution in [0.3, 0.4) is 0 Å². The number of nitrogens with one attached hydrogen (secondary N) is 1. The average Bonchev–Trinajstić information content (AvgIpc) is 2.36. The van der Waals surface area contributed by atoms with Crippen LogP contribution in [0.2, 0.25) is 0 Å². The van der Waals surface area contributed by atoms with Crippen LogP contribution in [0.25, 0.3) is 0 Å². The van der Waals surface area contributed by atoms with Crippen LogP contribution in [-0.2, 0) is 4.79 Å². The Balaban J connectivity index is 2.21. The zero-order valence-electron chi connectivity index (χ0n) is 11.9. The monoisotopic (exact) mass is 272 g/mol. The number of carboxylic acids is 1. The largest absolute Gasteiger partial charge is 0.480 e. The lowest BCUT2D eigenvalue weighted by atomic mass is 9.78. The molecular formula is C16H20N2O2. The Morgan fingerprint density at radius 3 is 2.65 bits per heavy atom. The van der Waals surface area contributed by atoms with Crippen LogP contribution in [-0.4, -0.2) is 23.3 Å². The first-order valence-corrected chi connectivity index (χ1v) is 6.73. The van der Waals surface area contributed by atoms with Crippen molar-refractivity contribution in [1.82, 2.24) is 5.32 Å². The van der Waals surface area contributed by atoms with E-state index >= 15 is 0 Å². The molecule has 2 N–H and O–H groups in total. The second-order valence-corrected chi connectivity index (χ2v) is 5.87. The van der Waals surface area contributed by atoms with Crippen LogP contribution in [0.4, 0.5) is 5.69 Å². The Hall–Kier alpha value is -2.10. The first-order chi connectivity index (χ1) is 9.44. The van der Waals surface area contributed by atoms with Gasteiger partial charge < -0.3 is 10.4 Å². The summed E-state index contributed by atoms with van der Waals surface area (Å²) in [5.74, 6) is -0.851. The van der Waals surface area contributed by atoms with E-state index in [0.717, 1.165) is 29.9 Å². The fourth-order valence-electron chi connectivity index (χ4n) is 2.41. The Kier molecular flexibility index (Phi) is 4.23. The van der Waals surface area contributed by atoms with Crippen molar-refractivity contribution in [3.63, 3.8) is 0 Å². The topological polar surface area (TPSA) is 61.7 Å². The van der Waals surface area contributed by atoms with Gasteiger partial charge in [-0.3, -0.25) is 9.79 Å². The van der Waals surface area contributed by atoms with Gasteiger partial charge in [-0.15, -0.1) is 0 Å². The summed E-state index contributed by atoms with van der Waals surface area (Å²) in [5, 5.41) is 11.7. The first-order valence-electron chi connectivity index (χ1n) is 6.73. The maximum atomic E-state index is 10.7. The van der Waals surface area contributed by atoms with Gasteiger partial charge in [0.25, 0.3) is 0 Å². The molecule has 0 saturated heterocycles. The number of hydrogen-bond donors (Lipinski definition) is 2. The minimum Gasteiger partial charge on any atom is -0.480 e. The molecule has 0 amide bonds. The van der Waals surface area contributed by atoms with Crippen molar-refractivity contribution in [2.24, 2.45) is 10.4 Å². The highest BCUT2D eigenvalue weighted by Crippen LogP contribution is 2.33. The van der Waals surface area contributed by atoms with Crippen LogP contribution in [0.15, 0.2) is 47.1 Å². The van der Waals surface area contributed by atoms with Crippen LogP contribution in [0.5, 0.6) is 0 Å². The molecule has 0 radical (unpaired) electrons. The molecule has 0 saturated carbocycles. The van der Waals surface area contributed by atoms with Crippen molar-refractivity contribution < 1.29 is 9.90 Å². The van der Waals surface area contributed by atoms with E-state index < -0.39 is 5.97 Å². The molecule has 0 fully saturated rings. The van der Waals surface area contributed by atoms with Crippen LogP contribution in [0.1, 0.15) is 26.7 Å². The molecule has 2 rings (SSSR count). The van der Waals surface area contributed by atoms with Gasteiger partial charge in [0.15, 0.2) is 0 Å². The third kappa shape index (κ3) is 4.23. The molecule has 106 valence electrons. The molecule has 0 spiro atoms. The van der Waals surface area contributed by atoms with Crippen LogP contribution < -0.4 is 5.32 Å². The number of aliphatic carboxylic acids is 1. The zero-order chi connectivity index (χ0) is 14.6. The van der Waals surface area contributed by atoms with Gasteiger partial charge in [-0.25, -0.2) is 0 Å². The van der Waals surface area contributed by atoms with Crippen molar-refractivity contribution in [2.75, 3.05) is 6.54 Å². The second kappa shape index (κ2) is 5.90. The van der Waals surface area contributed by atoms with E-state index in [2.05, 4.69) is 24.2 Å². The predicted molar refractivity (Wildman–Crippen MR) is 80.3 cm³/mol. The fourth-order valence-corrected chi connectivity index (χ4v) is 2.41. The third-order valence-electron chi connectivity index (χ3n) is 3.17. The molecule has 4 heteroatoms. The molecular weight excluding hydrogens is 252 g/mol. The van der Waals surface area contributed by atoms with Crippen molar-refractivity contribution in [2.45, 2.75) is 26.7 Å². The number of allylic oxidation sites excluding steroid dienone is 2. The highest BCUT2D eigenvalue weighted by molar-refractivity contribution is 5.98. The molecule has 1 aromatic carbocycles. The molecule has 0 heterocycles. The third-order valence-corrected chi connectivity index (χ3v) is 3.17. The molecule has 4 nitrogen and oxygen atoms in total. The summed E-state index contributed by atoms with van der Waals surface area (Å²) in [6, 6.07) is 9.81. The molecule has 1 aliphatic rings. The Morgan fingerprint density at radius 2 is 2.00 bits per heavy atom. The number of carboxylic acid groups (broad SMARTS) is 1. The van der Waals surface area contributed by atoms with Gasteiger partial charge in [-0.05, 0) is 36.5 Å². The SMILES string of the molecule is CC1(C)CC(NCC(=O)O)=CC(=Nc2ccccc2)C1. The lowest BCUT2D eigenvalue weighted by molar-refractivity contribution is -0.135. The van der Waals surface area contributed by atoms with Crippen molar-refractivity contribution >= 4 is 17.4 Å². The van der Waals surface area contributed by atoms with Crippen molar-refractivity contribution in [3.8, 4) is 0 Å². The number of rotatable bonds is 4. The van der Waals surface area contributed by atoms with E-state index in [1.54, 1.807) is 0 Å². The summed E-state index contributed by atoms with van der Waals surface area (Å²) < 4.78 is 0. The van der Waals surface area contributed by atoms with Gasteiger partial charge in [-0.2, -0.15) is 0 Å². The van der Waals surface area contributed by atoms with Crippen LogP contribution >= 0.6 is 0 Å². The van der Waals surface area contributed by atoms with Gasteiger partial charge in [0.05, 0.1) is 5.69 Å². The summed E-state index contributed by atoms with van der Waals surface area (Å²) in [7, 11) is 0. The lowest BCUT2D eigenvalue weighted by Crippen LogP contribution is -2.30. The van der Waals surface area contributed by atoms with Gasteiger partial charge in [0.2, 0.25) is 0 Å². The highest BCUT2D eigenvalue weighted by Gasteiger charge is 2.26. The van der Waals surface area contributed by atoms with E-state index in [0.29, 0.717) is 0 Å². The Labute approximate surface area is 119 Å². The molecule has 20 heavy (non-hydrogen) atoms. The minimum atomic E-state index is -0.851. The number of benzene rings is 1. The number of aliphatic imine (C=N–C) groups is 1. The number of para-hydroxylation sites is 1. The highest BCUT2D eigenvalue weighted by atomic mass is 16.4. The lowest BCUT2D eigenvalue weighted by Gasteiger charge is -2.30. The summed E-state index contributed by atoms with van der Waals surface area (Å²) in [4.78, 5) is 15.3. The second-order valence-electron chi connectivity index (χ2n) is 5.87. The molecule has 0 bridgehead atoms. The average molecular weight is 272 g/mol. The predicted octanol–water partition coefficient (Wildman–Crippen LogP) is 3.14. The molecule has 0 atom stereocenters.